The molecule has 1 aromatic rings. The zero-order chi connectivity index (χ0) is 14.8. The van der Waals surface area contributed by atoms with Gasteiger partial charge in [0.25, 0.3) is 0 Å². The fourth-order valence-corrected chi connectivity index (χ4v) is 3.78. The van der Waals surface area contributed by atoms with Gasteiger partial charge >= 0.3 is 0 Å². The van der Waals surface area contributed by atoms with Crippen LogP contribution in [0.2, 0.25) is 0 Å². The maximum Gasteiger partial charge on any atom is 0.234 e. The average molecular weight is 284 g/mol. The van der Waals surface area contributed by atoms with E-state index in [0.717, 1.165) is 11.3 Å². The molecule has 1 spiro atoms. The van der Waals surface area contributed by atoms with E-state index < -0.39 is 29.5 Å². The first-order valence-corrected chi connectivity index (χ1v) is 6.98. The minimum atomic E-state index is -1.21. The van der Waals surface area contributed by atoms with Gasteiger partial charge in [0, 0.05) is 17.6 Å². The molecule has 4 rings (SSSR count). The second kappa shape index (κ2) is 3.95. The molecule has 3 heterocycles. The number of carboxylic acids is 1. The van der Waals surface area contributed by atoms with Gasteiger partial charge in [0.15, 0.2) is 0 Å². The van der Waals surface area contributed by atoms with Gasteiger partial charge in [-0.15, -0.1) is 0 Å². The summed E-state index contributed by atoms with van der Waals surface area (Å²) in [5, 5.41) is 11.4. The number of nitrogens with zero attached hydrogens (tertiary/aromatic N) is 1. The molecule has 0 unspecified atom stereocenters. The number of ether oxygens (including phenoxy) is 1. The highest BCUT2D eigenvalue weighted by atomic mass is 16.5. The van der Waals surface area contributed by atoms with E-state index in [0.29, 0.717) is 6.54 Å². The third-order valence-corrected chi connectivity index (χ3v) is 4.69. The maximum absolute atomic E-state index is 12.7. The summed E-state index contributed by atoms with van der Waals surface area (Å²) in [7, 11) is 0. The molecule has 1 amide bonds. The van der Waals surface area contributed by atoms with Crippen molar-refractivity contribution in [2.45, 2.75) is 18.6 Å². The van der Waals surface area contributed by atoms with E-state index >= 15 is 0 Å². The van der Waals surface area contributed by atoms with Crippen LogP contribution < -0.4 is 10.0 Å². The lowest BCUT2D eigenvalue weighted by molar-refractivity contribution is -0.313. The zero-order valence-electron chi connectivity index (χ0n) is 11.5. The Labute approximate surface area is 121 Å². The summed E-state index contributed by atoms with van der Waals surface area (Å²) in [6.07, 6.45) is 3.04. The second-order valence-corrected chi connectivity index (χ2v) is 5.98. The molecule has 0 N–H and O–H groups in total. The number of anilines is 1. The lowest BCUT2D eigenvalue weighted by Gasteiger charge is -2.24. The maximum atomic E-state index is 12.7. The van der Waals surface area contributed by atoms with E-state index in [-0.39, 0.29) is 5.91 Å². The predicted molar refractivity (Wildman–Crippen MR) is 72.3 cm³/mol. The largest absolute Gasteiger partial charge is 0.550 e. The molecule has 21 heavy (non-hydrogen) atoms. The summed E-state index contributed by atoms with van der Waals surface area (Å²) in [5.41, 5.74) is 1.02. The number of aliphatic carboxylic acids is 1. The molecule has 0 aliphatic carbocycles. The molecule has 2 fully saturated rings. The van der Waals surface area contributed by atoms with Crippen LogP contribution in [0.15, 0.2) is 36.4 Å². The second-order valence-electron chi connectivity index (χ2n) is 5.98. The van der Waals surface area contributed by atoms with E-state index in [2.05, 4.69) is 0 Å². The van der Waals surface area contributed by atoms with Crippen LogP contribution in [0.5, 0.6) is 0 Å². The number of benzene rings is 1. The molecule has 0 radical (unpaired) electrons. The minimum absolute atomic E-state index is 0.193. The van der Waals surface area contributed by atoms with Crippen molar-refractivity contribution in [1.82, 2.24) is 0 Å². The topological polar surface area (TPSA) is 69.7 Å². The number of aryl methyl sites for hydroxylation is 1. The van der Waals surface area contributed by atoms with E-state index in [9.17, 15) is 14.7 Å². The Morgan fingerprint density at radius 3 is 3.00 bits per heavy atom. The molecule has 2 bridgehead atoms. The summed E-state index contributed by atoms with van der Waals surface area (Å²) in [6.45, 7) is 2.31. The number of hydrogen-bond donors (Lipinski definition) is 0. The van der Waals surface area contributed by atoms with Gasteiger partial charge in [0.1, 0.15) is 5.60 Å². The lowest BCUT2D eigenvalue weighted by Crippen LogP contribution is -2.45. The van der Waals surface area contributed by atoms with Crippen LogP contribution in [0.25, 0.3) is 0 Å². The summed E-state index contributed by atoms with van der Waals surface area (Å²) in [4.78, 5) is 25.7. The molecule has 1 aromatic carbocycles. The van der Waals surface area contributed by atoms with Crippen LogP contribution in [0.4, 0.5) is 5.69 Å². The number of carbonyl (C=O) groups is 2. The van der Waals surface area contributed by atoms with Crippen molar-refractivity contribution in [3.8, 4) is 0 Å². The molecule has 108 valence electrons. The molecular weight excluding hydrogens is 270 g/mol. The number of carbonyl (C=O) groups excluding carboxylic acids is 2. The first-order valence-electron chi connectivity index (χ1n) is 6.98. The van der Waals surface area contributed by atoms with Crippen molar-refractivity contribution in [1.29, 1.82) is 0 Å². The standard InChI is InChI=1S/C16H15NO4/c1-9-3-2-4-10(7-9)17-8-16-6-5-11(21-16)12(15(19)20)13(16)14(17)18/h2-7,11-13H,8H2,1H3,(H,19,20)/p-1/t11-,12-,13+,16+/m0/s1. The Hall–Kier alpha value is -2.14. The van der Waals surface area contributed by atoms with Crippen molar-refractivity contribution in [2.24, 2.45) is 11.8 Å². The smallest absolute Gasteiger partial charge is 0.234 e. The zero-order valence-corrected chi connectivity index (χ0v) is 11.5. The molecule has 0 saturated carbocycles. The van der Waals surface area contributed by atoms with Gasteiger partial charge in [-0.25, -0.2) is 0 Å². The van der Waals surface area contributed by atoms with Crippen molar-refractivity contribution in [3.63, 3.8) is 0 Å². The predicted octanol–water partition coefficient (Wildman–Crippen LogP) is 0.0313. The van der Waals surface area contributed by atoms with Crippen molar-refractivity contribution in [3.05, 3.63) is 42.0 Å². The summed E-state index contributed by atoms with van der Waals surface area (Å²) >= 11 is 0. The highest BCUT2D eigenvalue weighted by Gasteiger charge is 2.65. The molecular formula is C16H14NO4-. The number of fused-ring (bicyclic) bond motifs is 1. The lowest BCUT2D eigenvalue weighted by atomic mass is 9.77. The van der Waals surface area contributed by atoms with Crippen molar-refractivity contribution >= 4 is 17.6 Å². The van der Waals surface area contributed by atoms with Crippen LogP contribution in [0.1, 0.15) is 5.56 Å². The van der Waals surface area contributed by atoms with Gasteiger partial charge in [-0.05, 0) is 24.6 Å². The Kier molecular flexibility index (Phi) is 2.37. The van der Waals surface area contributed by atoms with Crippen LogP contribution >= 0.6 is 0 Å². The molecule has 3 aliphatic heterocycles. The number of carboxylic acid groups (broad SMARTS) is 1. The van der Waals surface area contributed by atoms with Crippen LogP contribution in [-0.4, -0.2) is 30.1 Å². The third kappa shape index (κ3) is 1.55. The van der Waals surface area contributed by atoms with Gasteiger partial charge in [-0.3, -0.25) is 4.79 Å². The fraction of sp³-hybridized carbons (Fsp3) is 0.375. The molecule has 2 saturated heterocycles. The summed E-state index contributed by atoms with van der Waals surface area (Å²) < 4.78 is 5.82. The normalized spacial score (nSPS) is 36.3. The molecule has 3 aliphatic rings. The number of amides is 1. The van der Waals surface area contributed by atoms with Gasteiger partial charge in [0.05, 0.1) is 18.6 Å². The highest BCUT2D eigenvalue weighted by Crippen LogP contribution is 2.52. The van der Waals surface area contributed by atoms with Crippen molar-refractivity contribution < 1.29 is 19.4 Å². The van der Waals surface area contributed by atoms with Crippen LogP contribution in [-0.2, 0) is 14.3 Å². The third-order valence-electron chi connectivity index (χ3n) is 4.69. The molecule has 5 nitrogen and oxygen atoms in total. The van der Waals surface area contributed by atoms with Gasteiger partial charge in [0.2, 0.25) is 5.91 Å². The first-order chi connectivity index (χ1) is 10.0. The average Bonchev–Trinajstić information content (AvgIpc) is 3.07. The summed E-state index contributed by atoms with van der Waals surface area (Å²) in [6, 6.07) is 7.61. The van der Waals surface area contributed by atoms with Gasteiger partial charge in [-0.1, -0.05) is 24.3 Å². The number of rotatable bonds is 2. The van der Waals surface area contributed by atoms with Gasteiger partial charge in [-0.2, -0.15) is 0 Å². The fourth-order valence-electron chi connectivity index (χ4n) is 3.78. The Bertz CT molecular complexity index is 683. The Morgan fingerprint density at radius 2 is 2.29 bits per heavy atom. The van der Waals surface area contributed by atoms with Gasteiger partial charge < -0.3 is 19.5 Å². The molecule has 4 atom stereocenters. The monoisotopic (exact) mass is 284 g/mol. The van der Waals surface area contributed by atoms with E-state index in [1.54, 1.807) is 11.0 Å². The summed E-state index contributed by atoms with van der Waals surface area (Å²) in [5.74, 6) is -2.98. The van der Waals surface area contributed by atoms with Crippen LogP contribution in [0.3, 0.4) is 0 Å². The number of hydrogen-bond acceptors (Lipinski definition) is 4. The van der Waals surface area contributed by atoms with Crippen molar-refractivity contribution in [2.75, 3.05) is 11.4 Å². The van der Waals surface area contributed by atoms with Crippen LogP contribution in [0, 0.1) is 18.8 Å². The van der Waals surface area contributed by atoms with E-state index in [1.165, 1.54) is 0 Å². The minimum Gasteiger partial charge on any atom is -0.550 e. The van der Waals surface area contributed by atoms with E-state index in [1.807, 2.05) is 37.3 Å². The highest BCUT2D eigenvalue weighted by molar-refractivity contribution is 6.02. The van der Waals surface area contributed by atoms with E-state index in [4.69, 9.17) is 4.74 Å². The SMILES string of the molecule is Cc1cccc(N2C[C@@]34C=C[C@H](O3)[C@H](C(=O)[O-])[C@@H]4C2=O)c1. The quantitative estimate of drug-likeness (QED) is 0.719. The Balaban J connectivity index is 1.75. The molecule has 5 heteroatoms. The first kappa shape index (κ1) is 12.6. The molecule has 0 aromatic heterocycles. The Morgan fingerprint density at radius 1 is 1.48 bits per heavy atom.